The number of aryl methyl sites for hydroxylation is 1. The molecule has 2 aromatic heterocycles. The highest BCUT2D eigenvalue weighted by atomic mass is 35.5. The summed E-state index contributed by atoms with van der Waals surface area (Å²) in [6, 6.07) is 5.37. The minimum atomic E-state index is -0.378. The Morgan fingerprint density at radius 1 is 1.27 bits per heavy atom. The van der Waals surface area contributed by atoms with Gasteiger partial charge in [0.2, 0.25) is 11.6 Å². The van der Waals surface area contributed by atoms with Crippen LogP contribution in [0.5, 0.6) is 0 Å². The van der Waals surface area contributed by atoms with Crippen LogP contribution in [0, 0.1) is 18.8 Å². The molecule has 1 saturated heterocycles. The van der Waals surface area contributed by atoms with E-state index in [4.69, 9.17) is 11.6 Å². The second-order valence-electron chi connectivity index (χ2n) is 8.27. The number of piperidine rings is 1. The predicted octanol–water partition coefficient (Wildman–Crippen LogP) is 2.97. The predicted molar refractivity (Wildman–Crippen MR) is 117 cm³/mol. The maximum absolute atomic E-state index is 12.8. The second kappa shape index (κ2) is 8.10. The fourth-order valence-corrected chi connectivity index (χ4v) is 4.43. The van der Waals surface area contributed by atoms with Gasteiger partial charge in [0.05, 0.1) is 10.7 Å². The zero-order valence-electron chi connectivity index (χ0n) is 17.3. The van der Waals surface area contributed by atoms with E-state index in [1.165, 1.54) is 10.8 Å². The van der Waals surface area contributed by atoms with Crippen molar-refractivity contribution in [3.8, 4) is 0 Å². The number of hydrogen-bond donors (Lipinski definition) is 1. The van der Waals surface area contributed by atoms with Crippen molar-refractivity contribution in [1.82, 2.24) is 19.2 Å². The summed E-state index contributed by atoms with van der Waals surface area (Å²) >= 11 is 6.19. The van der Waals surface area contributed by atoms with Gasteiger partial charge in [0, 0.05) is 25.5 Å². The van der Waals surface area contributed by atoms with Crippen LogP contribution in [0.4, 0.5) is 11.5 Å². The fraction of sp³-hybridized carbons (Fsp3) is 0.429. The molecular formula is C21H25ClN6O2. The number of nitrogens with zero attached hydrogens (tertiary/aromatic N) is 5. The van der Waals surface area contributed by atoms with Crippen LogP contribution < -0.4 is 15.9 Å². The zero-order valence-corrected chi connectivity index (χ0v) is 18.1. The molecular weight excluding hydrogens is 404 g/mol. The number of carbonyl (C=O) groups excluding carboxylic acids is 1. The van der Waals surface area contributed by atoms with Crippen molar-refractivity contribution < 1.29 is 4.79 Å². The maximum Gasteiger partial charge on any atom is 0.350 e. The number of carbonyl (C=O) groups is 1. The van der Waals surface area contributed by atoms with Gasteiger partial charge in [0.25, 0.3) is 0 Å². The summed E-state index contributed by atoms with van der Waals surface area (Å²) in [5.74, 6) is 1.37. The molecule has 8 nitrogen and oxygen atoms in total. The Balaban J connectivity index is 1.60. The zero-order chi connectivity index (χ0) is 21.4. The van der Waals surface area contributed by atoms with Crippen molar-refractivity contribution in [3.05, 3.63) is 51.7 Å². The van der Waals surface area contributed by atoms with Crippen LogP contribution in [-0.4, -0.2) is 38.2 Å². The van der Waals surface area contributed by atoms with E-state index in [-0.39, 0.29) is 18.1 Å². The smallest absolute Gasteiger partial charge is 0.350 e. The third-order valence-electron chi connectivity index (χ3n) is 5.34. The van der Waals surface area contributed by atoms with Crippen molar-refractivity contribution in [2.75, 3.05) is 23.3 Å². The largest absolute Gasteiger partial charge is 0.353 e. The van der Waals surface area contributed by atoms with Crippen molar-refractivity contribution in [2.45, 2.75) is 33.7 Å². The molecule has 0 bridgehead atoms. The Hall–Kier alpha value is -2.87. The first-order valence-corrected chi connectivity index (χ1v) is 10.4. The third-order valence-corrected chi connectivity index (χ3v) is 5.66. The van der Waals surface area contributed by atoms with Gasteiger partial charge < -0.3 is 10.2 Å². The van der Waals surface area contributed by atoms with Crippen molar-refractivity contribution in [3.63, 3.8) is 0 Å². The van der Waals surface area contributed by atoms with Gasteiger partial charge in [0.1, 0.15) is 6.54 Å². The third kappa shape index (κ3) is 4.05. The average Bonchev–Trinajstić information content (AvgIpc) is 2.99. The van der Waals surface area contributed by atoms with E-state index in [2.05, 4.69) is 34.1 Å². The van der Waals surface area contributed by atoms with Crippen LogP contribution >= 0.6 is 11.6 Å². The SMILES string of the molecule is Cc1ccc(NC(=O)Cn2nc3c(N4C[C@H](C)C[C@H](C)C4)nccn3c2=O)c(Cl)c1. The molecule has 1 aromatic carbocycles. The molecule has 30 heavy (non-hydrogen) atoms. The topological polar surface area (TPSA) is 84.5 Å². The van der Waals surface area contributed by atoms with E-state index in [1.807, 2.05) is 13.0 Å². The van der Waals surface area contributed by atoms with E-state index in [0.29, 0.717) is 34.0 Å². The minimum Gasteiger partial charge on any atom is -0.353 e. The summed E-state index contributed by atoms with van der Waals surface area (Å²) < 4.78 is 2.60. The van der Waals surface area contributed by atoms with E-state index in [9.17, 15) is 9.59 Å². The van der Waals surface area contributed by atoms with Crippen molar-refractivity contribution in [2.24, 2.45) is 11.8 Å². The Morgan fingerprint density at radius 3 is 2.70 bits per heavy atom. The van der Waals surface area contributed by atoms with Gasteiger partial charge in [0.15, 0.2) is 5.82 Å². The molecule has 4 rings (SSSR count). The van der Waals surface area contributed by atoms with Gasteiger partial charge in [-0.1, -0.05) is 31.5 Å². The van der Waals surface area contributed by atoms with Gasteiger partial charge in [-0.3, -0.25) is 4.79 Å². The molecule has 1 aliphatic rings. The van der Waals surface area contributed by atoms with Crippen molar-refractivity contribution >= 4 is 34.7 Å². The summed E-state index contributed by atoms with van der Waals surface area (Å²) in [6.07, 6.45) is 4.35. The lowest BCUT2D eigenvalue weighted by atomic mass is 9.92. The van der Waals surface area contributed by atoms with Gasteiger partial charge >= 0.3 is 5.69 Å². The summed E-state index contributed by atoms with van der Waals surface area (Å²) in [5.41, 5.74) is 1.58. The molecule has 9 heteroatoms. The molecule has 3 aromatic rings. The Labute approximate surface area is 179 Å². The Bertz CT molecular complexity index is 1140. The molecule has 1 aliphatic heterocycles. The molecule has 0 unspecified atom stereocenters. The standard InChI is InChI=1S/C21H25ClN6O2/c1-13-4-5-17(16(22)9-13)24-18(29)12-28-21(30)27-7-6-23-19(20(27)25-28)26-10-14(2)8-15(3)11-26/h4-7,9,14-15H,8,10-12H2,1-3H3,(H,24,29)/t14-,15+. The number of rotatable bonds is 4. The molecule has 158 valence electrons. The first kappa shape index (κ1) is 20.4. The highest BCUT2D eigenvalue weighted by Crippen LogP contribution is 2.26. The molecule has 1 fully saturated rings. The van der Waals surface area contributed by atoms with Crippen LogP contribution in [-0.2, 0) is 11.3 Å². The highest BCUT2D eigenvalue weighted by molar-refractivity contribution is 6.33. The van der Waals surface area contributed by atoms with Crippen LogP contribution in [0.3, 0.4) is 0 Å². The molecule has 1 N–H and O–H groups in total. The molecule has 0 spiro atoms. The summed E-state index contributed by atoms with van der Waals surface area (Å²) in [6.45, 7) is 7.87. The van der Waals surface area contributed by atoms with E-state index in [1.54, 1.807) is 24.5 Å². The molecule has 0 saturated carbocycles. The molecule has 1 amide bonds. The molecule has 3 heterocycles. The lowest BCUT2D eigenvalue weighted by molar-refractivity contribution is -0.117. The van der Waals surface area contributed by atoms with Gasteiger partial charge in [-0.15, -0.1) is 5.10 Å². The van der Waals surface area contributed by atoms with Crippen LogP contribution in [0.15, 0.2) is 35.4 Å². The molecule has 2 atom stereocenters. The second-order valence-corrected chi connectivity index (χ2v) is 8.67. The monoisotopic (exact) mass is 428 g/mol. The van der Waals surface area contributed by atoms with Crippen LogP contribution in [0.1, 0.15) is 25.8 Å². The fourth-order valence-electron chi connectivity index (χ4n) is 4.14. The highest BCUT2D eigenvalue weighted by Gasteiger charge is 2.26. The molecule has 0 radical (unpaired) electrons. The number of hydrogen-bond acceptors (Lipinski definition) is 5. The summed E-state index contributed by atoms with van der Waals surface area (Å²) in [5, 5.41) is 7.62. The average molecular weight is 429 g/mol. The Kier molecular flexibility index (Phi) is 5.51. The summed E-state index contributed by atoms with van der Waals surface area (Å²) in [7, 11) is 0. The molecule has 0 aliphatic carbocycles. The van der Waals surface area contributed by atoms with E-state index < -0.39 is 0 Å². The van der Waals surface area contributed by atoms with E-state index >= 15 is 0 Å². The van der Waals surface area contributed by atoms with Gasteiger partial charge in [-0.2, -0.15) is 0 Å². The Morgan fingerprint density at radius 2 is 2.00 bits per heavy atom. The van der Waals surface area contributed by atoms with Crippen molar-refractivity contribution in [1.29, 1.82) is 0 Å². The number of aromatic nitrogens is 4. The quantitative estimate of drug-likeness (QED) is 0.690. The first-order valence-electron chi connectivity index (χ1n) is 10.1. The number of nitrogens with one attached hydrogen (secondary N) is 1. The number of benzene rings is 1. The van der Waals surface area contributed by atoms with Gasteiger partial charge in [-0.25, -0.2) is 18.9 Å². The summed E-state index contributed by atoms with van der Waals surface area (Å²) in [4.78, 5) is 32.0. The lowest BCUT2D eigenvalue weighted by Crippen LogP contribution is -2.39. The normalized spacial score (nSPS) is 19.3. The van der Waals surface area contributed by atoms with Crippen LogP contribution in [0.25, 0.3) is 5.65 Å². The maximum atomic E-state index is 12.8. The van der Waals surface area contributed by atoms with E-state index in [0.717, 1.165) is 23.3 Å². The number of anilines is 2. The van der Waals surface area contributed by atoms with Gasteiger partial charge in [-0.05, 0) is 42.9 Å². The number of halogens is 1. The van der Waals surface area contributed by atoms with Crippen LogP contribution in [0.2, 0.25) is 5.02 Å². The number of amides is 1. The first-order chi connectivity index (χ1) is 14.3. The minimum absolute atomic E-state index is 0.211. The number of fused-ring (bicyclic) bond motifs is 1. The lowest BCUT2D eigenvalue weighted by Gasteiger charge is -2.35.